The molecule has 1 aliphatic rings. The Balaban J connectivity index is 1.37. The first-order valence-electron chi connectivity index (χ1n) is 12.6. The number of carbonyl (C=O) groups is 1. The van der Waals surface area contributed by atoms with Crippen molar-refractivity contribution < 1.29 is 4.79 Å². The van der Waals surface area contributed by atoms with E-state index in [0.717, 1.165) is 54.3 Å². The number of anilines is 1. The molecular weight excluding hydrogens is 470 g/mol. The highest BCUT2D eigenvalue weighted by atomic mass is 35.5. The summed E-state index contributed by atoms with van der Waals surface area (Å²) in [5, 5.41) is 4.64. The molecule has 0 bridgehead atoms. The monoisotopic (exact) mass is 499 g/mol. The summed E-state index contributed by atoms with van der Waals surface area (Å²) in [6.45, 7) is 1.89. The van der Waals surface area contributed by atoms with Gasteiger partial charge in [0.2, 0.25) is 5.91 Å². The van der Waals surface area contributed by atoms with E-state index in [2.05, 4.69) is 27.3 Å². The second-order valence-corrected chi connectivity index (χ2v) is 9.84. The summed E-state index contributed by atoms with van der Waals surface area (Å²) in [6.07, 6.45) is 3.51. The number of hydrogen-bond acceptors (Lipinski definition) is 3. The molecule has 2 heterocycles. The molecule has 1 aromatic heterocycles. The molecular formula is C30H30ClN3O2. The number of piperidine rings is 1. The molecule has 5 nitrogen and oxygen atoms in total. The van der Waals surface area contributed by atoms with Crippen LogP contribution >= 0.6 is 11.6 Å². The summed E-state index contributed by atoms with van der Waals surface area (Å²) in [5.41, 5.74) is 4.31. The Hall–Kier alpha value is -3.57. The van der Waals surface area contributed by atoms with Crippen molar-refractivity contribution in [3.8, 4) is 11.1 Å². The van der Waals surface area contributed by atoms with Crippen LogP contribution in [0.4, 0.5) is 5.69 Å². The minimum atomic E-state index is -0.159. The highest BCUT2D eigenvalue weighted by Crippen LogP contribution is 2.37. The van der Waals surface area contributed by atoms with Gasteiger partial charge in [-0.25, -0.2) is 0 Å². The van der Waals surface area contributed by atoms with Crippen LogP contribution < -0.4 is 15.8 Å². The van der Waals surface area contributed by atoms with Crippen LogP contribution in [0.2, 0.25) is 5.02 Å². The van der Waals surface area contributed by atoms with Gasteiger partial charge >= 0.3 is 0 Å². The minimum absolute atomic E-state index is 0.0642. The lowest BCUT2D eigenvalue weighted by Gasteiger charge is -2.34. The summed E-state index contributed by atoms with van der Waals surface area (Å²) in [4.78, 5) is 31.6. The number of benzene rings is 3. The number of amides is 1. The van der Waals surface area contributed by atoms with Gasteiger partial charge in [-0.15, -0.1) is 0 Å². The average molecular weight is 500 g/mol. The molecule has 1 amide bonds. The fourth-order valence-electron chi connectivity index (χ4n) is 5.14. The molecule has 0 aliphatic carbocycles. The van der Waals surface area contributed by atoms with Crippen LogP contribution in [-0.2, 0) is 11.2 Å². The van der Waals surface area contributed by atoms with Crippen molar-refractivity contribution in [3.05, 3.63) is 99.8 Å². The number of nitrogens with zero attached hydrogens (tertiary/aromatic N) is 1. The maximum Gasteiger partial charge on any atom is 0.272 e. The first-order chi connectivity index (χ1) is 17.6. The van der Waals surface area contributed by atoms with Gasteiger partial charge in [-0.3, -0.25) is 9.59 Å². The number of aromatic nitrogens is 1. The third-order valence-electron chi connectivity index (χ3n) is 6.91. The van der Waals surface area contributed by atoms with Crippen LogP contribution in [0, 0.1) is 5.92 Å². The van der Waals surface area contributed by atoms with E-state index in [1.54, 1.807) is 6.07 Å². The third-order valence-corrected chi connectivity index (χ3v) is 7.14. The summed E-state index contributed by atoms with van der Waals surface area (Å²) < 4.78 is 0. The Kier molecular flexibility index (Phi) is 7.38. The topological polar surface area (TPSA) is 65.2 Å². The van der Waals surface area contributed by atoms with Gasteiger partial charge in [0.05, 0.1) is 5.92 Å². The number of rotatable bonds is 7. The standard InChI is InChI=1S/C30H30ClN3O2/c31-24-15-16-26-25(19-24)27(22-12-5-2-6-13-22)28(30(36)33-26)34-18-8-14-23(20-34)29(35)32-17-7-11-21-9-3-1-4-10-21/h1-6,9-10,12-13,15-16,19,23H,7-8,11,14,17-18,20H2,(H,32,35)(H,33,36)/t23-/m0/s1. The molecule has 3 aromatic carbocycles. The highest BCUT2D eigenvalue weighted by Gasteiger charge is 2.29. The van der Waals surface area contributed by atoms with E-state index in [1.165, 1.54) is 5.56 Å². The predicted molar refractivity (Wildman–Crippen MR) is 148 cm³/mol. The predicted octanol–water partition coefficient (Wildman–Crippen LogP) is 5.81. The second kappa shape index (κ2) is 11.0. The van der Waals surface area contributed by atoms with Gasteiger partial charge in [-0.1, -0.05) is 72.3 Å². The number of fused-ring (bicyclic) bond motifs is 1. The Morgan fingerprint density at radius 2 is 1.78 bits per heavy atom. The Morgan fingerprint density at radius 1 is 1.03 bits per heavy atom. The molecule has 0 saturated carbocycles. The van der Waals surface area contributed by atoms with Gasteiger partial charge in [0.15, 0.2) is 0 Å². The summed E-state index contributed by atoms with van der Waals surface area (Å²) in [7, 11) is 0. The van der Waals surface area contributed by atoms with Crippen LogP contribution in [0.5, 0.6) is 0 Å². The van der Waals surface area contributed by atoms with E-state index in [1.807, 2.05) is 60.7 Å². The molecule has 1 aliphatic heterocycles. The molecule has 1 saturated heterocycles. The molecule has 0 radical (unpaired) electrons. The summed E-state index contributed by atoms with van der Waals surface area (Å²) in [6, 6.07) is 25.8. The number of carbonyl (C=O) groups excluding carboxylic acids is 1. The van der Waals surface area contributed by atoms with Crippen LogP contribution in [0.25, 0.3) is 22.0 Å². The van der Waals surface area contributed by atoms with Crippen LogP contribution in [-0.4, -0.2) is 30.5 Å². The molecule has 6 heteroatoms. The minimum Gasteiger partial charge on any atom is -0.366 e. The number of halogens is 1. The van der Waals surface area contributed by atoms with E-state index >= 15 is 0 Å². The van der Waals surface area contributed by atoms with E-state index in [4.69, 9.17) is 11.6 Å². The number of pyridine rings is 1. The average Bonchev–Trinajstić information content (AvgIpc) is 2.91. The van der Waals surface area contributed by atoms with Crippen LogP contribution in [0.3, 0.4) is 0 Å². The number of H-pyrrole nitrogens is 1. The number of aromatic amines is 1. The molecule has 5 rings (SSSR count). The number of aryl methyl sites for hydroxylation is 1. The quantitative estimate of drug-likeness (QED) is 0.315. The number of hydrogen-bond donors (Lipinski definition) is 2. The van der Waals surface area contributed by atoms with Gasteiger partial charge < -0.3 is 15.2 Å². The van der Waals surface area contributed by atoms with Crippen molar-refractivity contribution in [3.63, 3.8) is 0 Å². The van der Waals surface area contributed by atoms with Gasteiger partial charge in [0.1, 0.15) is 5.69 Å². The van der Waals surface area contributed by atoms with Crippen LogP contribution in [0.15, 0.2) is 83.7 Å². The zero-order valence-corrected chi connectivity index (χ0v) is 20.9. The van der Waals surface area contributed by atoms with Crippen molar-refractivity contribution in [2.45, 2.75) is 25.7 Å². The van der Waals surface area contributed by atoms with Crippen molar-refractivity contribution >= 4 is 34.1 Å². The molecule has 2 N–H and O–H groups in total. The third kappa shape index (κ3) is 5.31. The molecule has 36 heavy (non-hydrogen) atoms. The zero-order chi connectivity index (χ0) is 24.9. The lowest BCUT2D eigenvalue weighted by molar-refractivity contribution is -0.125. The molecule has 4 aromatic rings. The maximum absolute atomic E-state index is 13.4. The molecule has 0 unspecified atom stereocenters. The van der Waals surface area contributed by atoms with Crippen LogP contribution in [0.1, 0.15) is 24.8 Å². The van der Waals surface area contributed by atoms with Gasteiger partial charge in [-0.2, -0.15) is 0 Å². The van der Waals surface area contributed by atoms with Crippen molar-refractivity contribution in [1.29, 1.82) is 0 Å². The van der Waals surface area contributed by atoms with E-state index < -0.39 is 0 Å². The lowest BCUT2D eigenvalue weighted by Crippen LogP contribution is -2.45. The fraction of sp³-hybridized carbons (Fsp3) is 0.267. The van der Waals surface area contributed by atoms with Crippen molar-refractivity contribution in [2.24, 2.45) is 5.92 Å². The van der Waals surface area contributed by atoms with E-state index in [0.29, 0.717) is 23.8 Å². The van der Waals surface area contributed by atoms with Crippen molar-refractivity contribution in [2.75, 3.05) is 24.5 Å². The number of nitrogens with one attached hydrogen (secondary N) is 2. The smallest absolute Gasteiger partial charge is 0.272 e. The van der Waals surface area contributed by atoms with Gasteiger partial charge in [0, 0.05) is 41.1 Å². The first-order valence-corrected chi connectivity index (χ1v) is 13.0. The maximum atomic E-state index is 13.4. The molecule has 1 atom stereocenters. The largest absolute Gasteiger partial charge is 0.366 e. The normalized spacial score (nSPS) is 15.7. The Labute approximate surface area is 216 Å². The first kappa shape index (κ1) is 24.1. The summed E-state index contributed by atoms with van der Waals surface area (Å²) in [5.74, 6) is -0.0946. The Bertz CT molecular complexity index is 1400. The molecule has 184 valence electrons. The second-order valence-electron chi connectivity index (χ2n) is 9.40. The van der Waals surface area contributed by atoms with Gasteiger partial charge in [-0.05, 0) is 55.0 Å². The molecule has 0 spiro atoms. The summed E-state index contributed by atoms with van der Waals surface area (Å²) >= 11 is 6.36. The fourth-order valence-corrected chi connectivity index (χ4v) is 5.31. The Morgan fingerprint density at radius 3 is 2.56 bits per heavy atom. The van der Waals surface area contributed by atoms with E-state index in [9.17, 15) is 9.59 Å². The SMILES string of the molecule is O=C(NCCCc1ccccc1)[C@H]1CCCN(c2c(-c3ccccc3)c3cc(Cl)ccc3[nH]c2=O)C1. The lowest BCUT2D eigenvalue weighted by atomic mass is 9.94. The molecule has 1 fully saturated rings. The van der Waals surface area contributed by atoms with Crippen molar-refractivity contribution in [1.82, 2.24) is 10.3 Å². The highest BCUT2D eigenvalue weighted by molar-refractivity contribution is 6.31. The van der Waals surface area contributed by atoms with Gasteiger partial charge in [0.25, 0.3) is 5.56 Å². The zero-order valence-electron chi connectivity index (χ0n) is 20.2. The van der Waals surface area contributed by atoms with E-state index in [-0.39, 0.29) is 17.4 Å².